The van der Waals surface area contributed by atoms with E-state index < -0.39 is 32.5 Å². The summed E-state index contributed by atoms with van der Waals surface area (Å²) < 4.78 is 26.5. The smallest absolute Gasteiger partial charge is 0.462 e. The number of esters is 2. The van der Waals surface area contributed by atoms with E-state index >= 15 is 0 Å². The molecule has 2 N–H and O–H groups in total. The fourth-order valence-electron chi connectivity index (χ4n) is 6.36. The third kappa shape index (κ3) is 46.3. The van der Waals surface area contributed by atoms with Crippen LogP contribution in [0.15, 0.2) is 60.8 Å². The summed E-state index contributed by atoms with van der Waals surface area (Å²) in [6.45, 7) is 3.58. The van der Waals surface area contributed by atoms with Crippen LogP contribution in [0.5, 0.6) is 0 Å². The summed E-state index contributed by atoms with van der Waals surface area (Å²) in [4.78, 5) is 43.0. The molecule has 0 aliphatic carbocycles. The van der Waals surface area contributed by atoms with Crippen LogP contribution >= 0.6 is 7.82 Å². The molecule has 0 radical (unpaired) electrons. The molecule has 0 saturated carbocycles. The molecule has 0 rings (SSSR count). The Labute approximate surface area is 349 Å². The molecule has 0 fully saturated rings. The molecule has 0 aliphatic heterocycles. The van der Waals surface area contributed by atoms with Gasteiger partial charge in [0.15, 0.2) is 6.10 Å². The van der Waals surface area contributed by atoms with Crippen molar-refractivity contribution >= 4 is 19.8 Å². The third-order valence-electron chi connectivity index (χ3n) is 9.77. The minimum absolute atomic E-state index is 0.200. The van der Waals surface area contributed by atoms with Crippen molar-refractivity contribution in [2.75, 3.05) is 13.2 Å². The fraction of sp³-hybridized carbons (Fsp3) is 0.750. The van der Waals surface area contributed by atoms with Crippen molar-refractivity contribution in [2.45, 2.75) is 219 Å². The number of carbonyl (C=O) groups excluding carboxylic acids is 2. The lowest BCUT2D eigenvalue weighted by Crippen LogP contribution is -2.29. The van der Waals surface area contributed by atoms with Crippen LogP contribution in [0.1, 0.15) is 213 Å². The van der Waals surface area contributed by atoms with E-state index in [0.29, 0.717) is 6.42 Å². The highest BCUT2D eigenvalue weighted by atomic mass is 31.2. The van der Waals surface area contributed by atoms with Gasteiger partial charge in [0.25, 0.3) is 0 Å². The summed E-state index contributed by atoms with van der Waals surface area (Å²) in [5, 5.41) is 0. The molecule has 1 atom stereocenters. The lowest BCUT2D eigenvalue weighted by Gasteiger charge is -2.18. The van der Waals surface area contributed by atoms with Crippen molar-refractivity contribution in [2.24, 2.45) is 0 Å². The molecule has 330 valence electrons. The molecular weight excluding hydrogens is 735 g/mol. The molecule has 0 saturated heterocycles. The Kier molecular flexibility index (Phi) is 41.6. The quantitative estimate of drug-likeness (QED) is 0.0270. The minimum Gasteiger partial charge on any atom is -0.462 e. The van der Waals surface area contributed by atoms with Crippen LogP contribution in [-0.4, -0.2) is 41.0 Å². The maximum atomic E-state index is 12.4. The van der Waals surface area contributed by atoms with Crippen molar-refractivity contribution in [3.05, 3.63) is 60.8 Å². The third-order valence-corrected chi connectivity index (χ3v) is 10.3. The standard InChI is InChI=1S/C48H85O8P/c1-3-5-7-9-11-13-15-17-19-21-23-24-25-27-29-31-33-35-37-39-41-43-48(50)56-46(45-55-57(51,52)53)44-54-47(49)42-40-38-36-34-32-30-28-26-22-20-18-16-14-12-10-8-6-4-2/h5,7,11,13,17,19-20,22-24,46H,3-4,6,8-10,12,14-16,18,21,25-45H2,1-2H3,(H2,51,52,53)/b7-5-,13-11-,19-17-,22-20-,24-23-. The minimum atomic E-state index is -4.76. The second-order valence-corrected chi connectivity index (χ2v) is 16.6. The number of carbonyl (C=O) groups is 2. The van der Waals surface area contributed by atoms with Crippen LogP contribution in [-0.2, 0) is 28.2 Å². The number of ether oxygens (including phenoxy) is 2. The second-order valence-electron chi connectivity index (χ2n) is 15.3. The summed E-state index contributed by atoms with van der Waals surface area (Å²) in [6, 6.07) is 0. The van der Waals surface area contributed by atoms with Gasteiger partial charge >= 0.3 is 19.8 Å². The molecule has 9 heteroatoms. The number of phosphoric acid groups is 1. The van der Waals surface area contributed by atoms with E-state index in [1.54, 1.807) is 0 Å². The second kappa shape index (κ2) is 43.3. The number of allylic oxidation sites excluding steroid dienone is 10. The predicted molar refractivity (Wildman–Crippen MR) is 239 cm³/mol. The van der Waals surface area contributed by atoms with Gasteiger partial charge in [0.1, 0.15) is 6.61 Å². The molecule has 0 heterocycles. The summed E-state index contributed by atoms with van der Waals surface area (Å²) >= 11 is 0. The first-order valence-corrected chi connectivity index (χ1v) is 24.6. The van der Waals surface area contributed by atoms with Gasteiger partial charge in [-0.15, -0.1) is 0 Å². The average molecular weight is 821 g/mol. The van der Waals surface area contributed by atoms with Crippen LogP contribution in [0.25, 0.3) is 0 Å². The Morgan fingerprint density at radius 2 is 0.842 bits per heavy atom. The van der Waals surface area contributed by atoms with Crippen LogP contribution in [0.3, 0.4) is 0 Å². The fourth-order valence-corrected chi connectivity index (χ4v) is 6.72. The molecule has 0 bridgehead atoms. The van der Waals surface area contributed by atoms with Crippen molar-refractivity contribution in [1.82, 2.24) is 0 Å². The first kappa shape index (κ1) is 54.8. The molecule has 0 aromatic rings. The van der Waals surface area contributed by atoms with E-state index in [-0.39, 0.29) is 19.4 Å². The van der Waals surface area contributed by atoms with Gasteiger partial charge in [-0.05, 0) is 77.0 Å². The molecule has 0 spiro atoms. The Hall–Kier alpha value is -2.25. The number of hydrogen-bond acceptors (Lipinski definition) is 6. The van der Waals surface area contributed by atoms with Gasteiger partial charge in [0.05, 0.1) is 6.61 Å². The Balaban J connectivity index is 3.90. The summed E-state index contributed by atoms with van der Waals surface area (Å²) in [5.41, 5.74) is 0. The van der Waals surface area contributed by atoms with Crippen molar-refractivity contribution in [3.8, 4) is 0 Å². The van der Waals surface area contributed by atoms with Gasteiger partial charge in [0, 0.05) is 12.8 Å². The van der Waals surface area contributed by atoms with Gasteiger partial charge in [0.2, 0.25) is 0 Å². The Morgan fingerprint density at radius 1 is 0.474 bits per heavy atom. The van der Waals surface area contributed by atoms with Gasteiger partial charge < -0.3 is 19.3 Å². The van der Waals surface area contributed by atoms with Crippen LogP contribution in [0.4, 0.5) is 0 Å². The first-order chi connectivity index (χ1) is 27.8. The monoisotopic (exact) mass is 821 g/mol. The zero-order valence-corrected chi connectivity index (χ0v) is 37.4. The van der Waals surface area contributed by atoms with Gasteiger partial charge in [-0.1, -0.05) is 184 Å². The Morgan fingerprint density at radius 3 is 1.28 bits per heavy atom. The van der Waals surface area contributed by atoms with Gasteiger partial charge in [-0.3, -0.25) is 14.1 Å². The van der Waals surface area contributed by atoms with E-state index in [2.05, 4.69) is 79.1 Å². The number of rotatable bonds is 42. The maximum absolute atomic E-state index is 12.4. The molecular formula is C48H85O8P. The molecule has 0 amide bonds. The van der Waals surface area contributed by atoms with Crippen molar-refractivity contribution in [1.29, 1.82) is 0 Å². The van der Waals surface area contributed by atoms with E-state index in [1.165, 1.54) is 96.3 Å². The molecule has 0 aliphatic rings. The van der Waals surface area contributed by atoms with Gasteiger partial charge in [-0.2, -0.15) is 0 Å². The lowest BCUT2D eigenvalue weighted by atomic mass is 10.1. The van der Waals surface area contributed by atoms with Crippen molar-refractivity contribution in [3.63, 3.8) is 0 Å². The van der Waals surface area contributed by atoms with Crippen LogP contribution in [0.2, 0.25) is 0 Å². The summed E-state index contributed by atoms with van der Waals surface area (Å²) in [7, 11) is -4.76. The molecule has 1 unspecified atom stereocenters. The van der Waals surface area contributed by atoms with Crippen LogP contribution < -0.4 is 0 Å². The first-order valence-electron chi connectivity index (χ1n) is 23.1. The highest BCUT2D eigenvalue weighted by molar-refractivity contribution is 7.46. The van der Waals surface area contributed by atoms with E-state index in [4.69, 9.17) is 19.3 Å². The zero-order valence-electron chi connectivity index (χ0n) is 36.5. The van der Waals surface area contributed by atoms with Crippen molar-refractivity contribution < 1.29 is 37.9 Å². The molecule has 0 aromatic carbocycles. The summed E-state index contributed by atoms with van der Waals surface area (Å²) in [5.74, 6) is -0.897. The number of phosphoric ester groups is 1. The normalized spacial score (nSPS) is 13.0. The highest BCUT2D eigenvalue weighted by Crippen LogP contribution is 2.36. The topological polar surface area (TPSA) is 119 Å². The predicted octanol–water partition coefficient (Wildman–Crippen LogP) is 14.5. The Bertz CT molecular complexity index is 1110. The molecule has 57 heavy (non-hydrogen) atoms. The largest absolute Gasteiger partial charge is 0.469 e. The number of hydrogen-bond donors (Lipinski definition) is 2. The van der Waals surface area contributed by atoms with E-state index in [0.717, 1.165) is 83.5 Å². The zero-order chi connectivity index (χ0) is 41.8. The van der Waals surface area contributed by atoms with E-state index in [9.17, 15) is 14.2 Å². The molecule has 8 nitrogen and oxygen atoms in total. The van der Waals surface area contributed by atoms with Crippen LogP contribution in [0, 0.1) is 0 Å². The highest BCUT2D eigenvalue weighted by Gasteiger charge is 2.22. The summed E-state index contributed by atoms with van der Waals surface area (Å²) in [6.07, 6.45) is 55.1. The SMILES string of the molecule is CC/C=C\C/C=C\C/C=C\C/C=C\CCCCCCCCCCC(=O)OC(COC(=O)CCCCCCCCC/C=C\CCCCCCCCC)COP(=O)(O)O. The van der Waals surface area contributed by atoms with Gasteiger partial charge in [-0.25, -0.2) is 4.57 Å². The molecule has 0 aromatic heterocycles. The maximum Gasteiger partial charge on any atom is 0.469 e. The number of unbranched alkanes of at least 4 members (excludes halogenated alkanes) is 22. The lowest BCUT2D eigenvalue weighted by molar-refractivity contribution is -0.161. The average Bonchev–Trinajstić information content (AvgIpc) is 3.18. The van der Waals surface area contributed by atoms with E-state index in [1.807, 2.05) is 0 Å².